The summed E-state index contributed by atoms with van der Waals surface area (Å²) in [6, 6.07) is 7.21. The molecule has 0 spiro atoms. The van der Waals surface area contributed by atoms with Gasteiger partial charge < -0.3 is 5.11 Å². The molecule has 0 heterocycles. The molecule has 0 fully saturated rings. The number of benzene rings is 1. The van der Waals surface area contributed by atoms with Crippen molar-refractivity contribution in [2.24, 2.45) is 0 Å². The lowest BCUT2D eigenvalue weighted by molar-refractivity contribution is 0.475. The molecule has 1 heteroatoms. The van der Waals surface area contributed by atoms with Crippen molar-refractivity contribution >= 4 is 5.57 Å². The van der Waals surface area contributed by atoms with E-state index in [4.69, 9.17) is 5.11 Å². The summed E-state index contributed by atoms with van der Waals surface area (Å²) in [6.07, 6.45) is 2.05. The molecular weight excluding hydrogens is 136 g/mol. The molecule has 0 aliphatic rings. The number of allylic oxidation sites excluding steroid dienone is 2. The van der Waals surface area contributed by atoms with Crippen LogP contribution in [-0.2, 0) is 0 Å². The van der Waals surface area contributed by atoms with Crippen LogP contribution in [0.1, 0.15) is 19.4 Å². The maximum Gasteiger partial charge on any atom is 0.115 e. The minimum absolute atomic E-state index is 0.317. The highest BCUT2D eigenvalue weighted by atomic mass is 16.3. The van der Waals surface area contributed by atoms with Gasteiger partial charge in [0.15, 0.2) is 0 Å². The van der Waals surface area contributed by atoms with Crippen molar-refractivity contribution in [1.29, 1.82) is 0 Å². The standard InChI is InChI=1S/C10H12O/c1-3-8(2)9-4-6-10(11)7-5-9/h3-7,11H,1-2H3/b8-3-. The van der Waals surface area contributed by atoms with Crippen molar-refractivity contribution in [3.63, 3.8) is 0 Å². The minimum Gasteiger partial charge on any atom is -0.508 e. The van der Waals surface area contributed by atoms with Crippen LogP contribution in [0.2, 0.25) is 0 Å². The van der Waals surface area contributed by atoms with Gasteiger partial charge in [0.1, 0.15) is 5.75 Å². The Bertz CT molecular complexity index is 257. The molecule has 58 valence electrons. The van der Waals surface area contributed by atoms with Crippen LogP contribution in [-0.4, -0.2) is 5.11 Å². The summed E-state index contributed by atoms with van der Waals surface area (Å²) >= 11 is 0. The van der Waals surface area contributed by atoms with E-state index in [2.05, 4.69) is 0 Å². The normalized spacial score (nSPS) is 11.6. The lowest BCUT2D eigenvalue weighted by Crippen LogP contribution is -1.76. The van der Waals surface area contributed by atoms with E-state index in [1.807, 2.05) is 32.1 Å². The van der Waals surface area contributed by atoms with Crippen molar-refractivity contribution in [1.82, 2.24) is 0 Å². The first kappa shape index (κ1) is 7.86. The Balaban J connectivity index is 2.99. The van der Waals surface area contributed by atoms with E-state index in [1.165, 1.54) is 5.57 Å². The highest BCUT2D eigenvalue weighted by Crippen LogP contribution is 2.16. The largest absolute Gasteiger partial charge is 0.508 e. The van der Waals surface area contributed by atoms with Gasteiger partial charge in [-0.25, -0.2) is 0 Å². The Labute approximate surface area is 67.0 Å². The fraction of sp³-hybridized carbons (Fsp3) is 0.200. The van der Waals surface area contributed by atoms with Gasteiger partial charge in [-0.05, 0) is 37.1 Å². The smallest absolute Gasteiger partial charge is 0.115 e. The molecule has 1 aromatic rings. The SMILES string of the molecule is C/C=C(/C)c1ccc(O)cc1. The first-order chi connectivity index (χ1) is 5.24. The van der Waals surface area contributed by atoms with Crippen LogP contribution < -0.4 is 0 Å². The first-order valence-electron chi connectivity index (χ1n) is 3.66. The second-order valence-electron chi connectivity index (χ2n) is 2.52. The van der Waals surface area contributed by atoms with Crippen LogP contribution in [0.15, 0.2) is 30.3 Å². The molecule has 0 bridgehead atoms. The van der Waals surface area contributed by atoms with Gasteiger partial charge in [-0.2, -0.15) is 0 Å². The van der Waals surface area contributed by atoms with Crippen LogP contribution in [0.4, 0.5) is 0 Å². The molecule has 0 aromatic heterocycles. The highest BCUT2D eigenvalue weighted by Gasteiger charge is 1.92. The predicted octanol–water partition coefficient (Wildman–Crippen LogP) is 2.82. The average molecular weight is 148 g/mol. The number of aromatic hydroxyl groups is 1. The van der Waals surface area contributed by atoms with E-state index in [0.29, 0.717) is 5.75 Å². The second-order valence-corrected chi connectivity index (χ2v) is 2.52. The monoisotopic (exact) mass is 148 g/mol. The summed E-state index contributed by atoms with van der Waals surface area (Å²) in [7, 11) is 0. The number of hydrogen-bond donors (Lipinski definition) is 1. The molecule has 1 rings (SSSR count). The topological polar surface area (TPSA) is 20.2 Å². The van der Waals surface area contributed by atoms with Gasteiger partial charge in [-0.15, -0.1) is 0 Å². The fourth-order valence-electron chi connectivity index (χ4n) is 0.891. The van der Waals surface area contributed by atoms with E-state index in [-0.39, 0.29) is 0 Å². The molecule has 0 atom stereocenters. The third-order valence-electron chi connectivity index (χ3n) is 1.76. The second kappa shape index (κ2) is 3.24. The van der Waals surface area contributed by atoms with Crippen molar-refractivity contribution in [2.45, 2.75) is 13.8 Å². The molecular formula is C10H12O. The zero-order valence-corrected chi connectivity index (χ0v) is 6.83. The van der Waals surface area contributed by atoms with Crippen LogP contribution >= 0.6 is 0 Å². The van der Waals surface area contributed by atoms with E-state index < -0.39 is 0 Å². The number of phenolic OH excluding ortho intramolecular Hbond substituents is 1. The van der Waals surface area contributed by atoms with Crippen molar-refractivity contribution in [3.8, 4) is 5.75 Å². The van der Waals surface area contributed by atoms with E-state index in [1.54, 1.807) is 12.1 Å². The van der Waals surface area contributed by atoms with Crippen molar-refractivity contribution < 1.29 is 5.11 Å². The molecule has 1 N–H and O–H groups in total. The van der Waals surface area contributed by atoms with E-state index in [0.717, 1.165) is 5.56 Å². The summed E-state index contributed by atoms with van der Waals surface area (Å²) < 4.78 is 0. The van der Waals surface area contributed by atoms with Crippen molar-refractivity contribution in [2.75, 3.05) is 0 Å². The molecule has 1 nitrogen and oxygen atoms in total. The molecule has 0 aliphatic heterocycles. The number of hydrogen-bond acceptors (Lipinski definition) is 1. The number of rotatable bonds is 1. The average Bonchev–Trinajstić information content (AvgIpc) is 2.05. The summed E-state index contributed by atoms with van der Waals surface area (Å²) in [5.41, 5.74) is 2.38. The molecule has 0 saturated carbocycles. The Morgan fingerprint density at radius 2 is 1.82 bits per heavy atom. The van der Waals surface area contributed by atoms with Crippen LogP contribution in [0.3, 0.4) is 0 Å². The van der Waals surface area contributed by atoms with Crippen LogP contribution in [0.25, 0.3) is 5.57 Å². The third kappa shape index (κ3) is 1.84. The summed E-state index contributed by atoms with van der Waals surface area (Å²) in [5.74, 6) is 0.317. The van der Waals surface area contributed by atoms with Crippen LogP contribution in [0, 0.1) is 0 Å². The first-order valence-corrected chi connectivity index (χ1v) is 3.66. The Kier molecular flexibility index (Phi) is 2.32. The molecule has 11 heavy (non-hydrogen) atoms. The van der Waals surface area contributed by atoms with Gasteiger partial charge >= 0.3 is 0 Å². The van der Waals surface area contributed by atoms with Gasteiger partial charge in [0.25, 0.3) is 0 Å². The third-order valence-corrected chi connectivity index (χ3v) is 1.76. The zero-order valence-electron chi connectivity index (χ0n) is 6.83. The van der Waals surface area contributed by atoms with Crippen LogP contribution in [0.5, 0.6) is 5.75 Å². The molecule has 0 unspecified atom stereocenters. The van der Waals surface area contributed by atoms with E-state index in [9.17, 15) is 0 Å². The van der Waals surface area contributed by atoms with Crippen molar-refractivity contribution in [3.05, 3.63) is 35.9 Å². The zero-order chi connectivity index (χ0) is 8.27. The lowest BCUT2D eigenvalue weighted by atomic mass is 10.1. The van der Waals surface area contributed by atoms with Gasteiger partial charge in [-0.3, -0.25) is 0 Å². The summed E-state index contributed by atoms with van der Waals surface area (Å²) in [4.78, 5) is 0. The minimum atomic E-state index is 0.317. The molecule has 0 radical (unpaired) electrons. The molecule has 0 amide bonds. The quantitative estimate of drug-likeness (QED) is 0.649. The molecule has 1 aromatic carbocycles. The molecule has 0 saturated heterocycles. The Morgan fingerprint density at radius 3 is 2.27 bits per heavy atom. The van der Waals surface area contributed by atoms with Gasteiger partial charge in [0, 0.05) is 0 Å². The Hall–Kier alpha value is -1.24. The van der Waals surface area contributed by atoms with Gasteiger partial charge in [-0.1, -0.05) is 18.2 Å². The van der Waals surface area contributed by atoms with Gasteiger partial charge in [0.05, 0.1) is 0 Å². The maximum atomic E-state index is 8.99. The van der Waals surface area contributed by atoms with Gasteiger partial charge in [0.2, 0.25) is 0 Å². The number of phenols is 1. The summed E-state index contributed by atoms with van der Waals surface area (Å²) in [6.45, 7) is 4.05. The highest BCUT2D eigenvalue weighted by molar-refractivity contribution is 5.63. The Morgan fingerprint density at radius 1 is 1.27 bits per heavy atom. The fourth-order valence-corrected chi connectivity index (χ4v) is 0.891. The lowest BCUT2D eigenvalue weighted by Gasteiger charge is -1.99. The summed E-state index contributed by atoms with van der Waals surface area (Å²) in [5, 5.41) is 8.99. The van der Waals surface area contributed by atoms with E-state index >= 15 is 0 Å². The maximum absolute atomic E-state index is 8.99. The predicted molar refractivity (Wildman–Crippen MR) is 47.4 cm³/mol. The molecule has 0 aliphatic carbocycles.